The van der Waals surface area contributed by atoms with Crippen LogP contribution in [0.1, 0.15) is 11.1 Å². The van der Waals surface area contributed by atoms with Crippen LogP contribution in [0, 0.1) is 0 Å². The third-order valence-corrected chi connectivity index (χ3v) is 5.25. The van der Waals surface area contributed by atoms with Gasteiger partial charge in [-0.05, 0) is 66.2 Å². The Morgan fingerprint density at radius 2 is 1.58 bits per heavy atom. The molecule has 0 saturated carbocycles. The minimum atomic E-state index is -0.879. The molecule has 3 aromatic carbocycles. The molecule has 0 spiro atoms. The molecule has 6 nitrogen and oxygen atoms in total. The van der Waals surface area contributed by atoms with Gasteiger partial charge in [0.15, 0.2) is 0 Å². The molecule has 3 aromatic rings. The van der Waals surface area contributed by atoms with Crippen LogP contribution in [0.5, 0.6) is 5.75 Å². The van der Waals surface area contributed by atoms with Crippen molar-refractivity contribution >= 4 is 62.8 Å². The van der Waals surface area contributed by atoms with Gasteiger partial charge in [0.25, 0.3) is 0 Å². The van der Waals surface area contributed by atoms with Gasteiger partial charge in [0.05, 0.1) is 6.21 Å². The summed E-state index contributed by atoms with van der Waals surface area (Å²) in [7, 11) is 0. The molecule has 31 heavy (non-hydrogen) atoms. The second kappa shape index (κ2) is 10.9. The van der Waals surface area contributed by atoms with Gasteiger partial charge in [0, 0.05) is 25.8 Å². The van der Waals surface area contributed by atoms with E-state index in [-0.39, 0.29) is 6.61 Å². The molecule has 158 valence electrons. The molecule has 0 aromatic heterocycles. The third kappa shape index (κ3) is 6.82. The number of amides is 2. The Morgan fingerprint density at radius 3 is 2.23 bits per heavy atom. The van der Waals surface area contributed by atoms with Crippen molar-refractivity contribution < 1.29 is 14.3 Å². The second-order valence-corrected chi connectivity index (χ2v) is 7.95. The Balaban J connectivity index is 1.49. The molecule has 0 saturated heterocycles. The van der Waals surface area contributed by atoms with Crippen LogP contribution in [0.3, 0.4) is 0 Å². The molecule has 2 N–H and O–H groups in total. The molecular formula is C22H16BrCl2N3O3. The maximum Gasteiger partial charge on any atom is 0.329 e. The van der Waals surface area contributed by atoms with E-state index in [2.05, 4.69) is 31.8 Å². The lowest BCUT2D eigenvalue weighted by Gasteiger charge is -2.09. The Labute approximate surface area is 197 Å². The first-order valence-electron chi connectivity index (χ1n) is 8.98. The second-order valence-electron chi connectivity index (χ2n) is 6.22. The van der Waals surface area contributed by atoms with E-state index in [1.54, 1.807) is 66.7 Å². The van der Waals surface area contributed by atoms with Crippen molar-refractivity contribution in [2.45, 2.75) is 6.61 Å². The molecule has 3 rings (SSSR count). The summed E-state index contributed by atoms with van der Waals surface area (Å²) in [4.78, 5) is 23.7. The number of benzene rings is 3. The lowest BCUT2D eigenvalue weighted by atomic mass is 10.2. The van der Waals surface area contributed by atoms with Crippen LogP contribution >= 0.6 is 39.1 Å². The lowest BCUT2D eigenvalue weighted by Crippen LogP contribution is -2.32. The SMILES string of the molecule is O=C(N/N=C/c1ccc(OCc2c(Cl)cccc2Cl)cc1)C(=O)Nc1ccc(Br)cc1. The molecule has 0 atom stereocenters. The first kappa shape index (κ1) is 22.8. The Bertz CT molecular complexity index is 1080. The number of nitrogens with zero attached hydrogens (tertiary/aromatic N) is 1. The highest BCUT2D eigenvalue weighted by Gasteiger charge is 2.12. The van der Waals surface area contributed by atoms with Gasteiger partial charge in [0.2, 0.25) is 0 Å². The summed E-state index contributed by atoms with van der Waals surface area (Å²) in [5, 5.41) is 7.35. The number of rotatable bonds is 6. The van der Waals surface area contributed by atoms with Gasteiger partial charge in [-0.1, -0.05) is 45.2 Å². The van der Waals surface area contributed by atoms with E-state index in [9.17, 15) is 9.59 Å². The molecule has 0 aliphatic rings. The highest BCUT2D eigenvalue weighted by molar-refractivity contribution is 9.10. The molecule has 0 heterocycles. The van der Waals surface area contributed by atoms with E-state index < -0.39 is 11.8 Å². The maximum atomic E-state index is 11.9. The van der Waals surface area contributed by atoms with Gasteiger partial charge in [-0.2, -0.15) is 5.10 Å². The standard InChI is InChI=1S/C22H16BrCl2N3O3/c23-15-6-8-16(9-7-15)27-21(29)22(30)28-26-12-14-4-10-17(11-5-14)31-13-18-19(24)2-1-3-20(18)25/h1-12H,13H2,(H,27,29)(H,28,30)/b26-12+. The largest absolute Gasteiger partial charge is 0.489 e. The number of hydrogen-bond acceptors (Lipinski definition) is 4. The molecule has 2 amide bonds. The average Bonchev–Trinajstić information content (AvgIpc) is 2.76. The van der Waals surface area contributed by atoms with Crippen LogP contribution in [-0.2, 0) is 16.2 Å². The Kier molecular flexibility index (Phi) is 8.06. The van der Waals surface area contributed by atoms with Crippen LogP contribution < -0.4 is 15.5 Å². The van der Waals surface area contributed by atoms with Gasteiger partial charge >= 0.3 is 11.8 Å². The van der Waals surface area contributed by atoms with Gasteiger partial charge in [-0.3, -0.25) is 9.59 Å². The number of halogens is 3. The van der Waals surface area contributed by atoms with Crippen molar-refractivity contribution in [2.75, 3.05) is 5.32 Å². The number of carbonyl (C=O) groups is 2. The zero-order valence-corrected chi connectivity index (χ0v) is 19.0. The topological polar surface area (TPSA) is 79.8 Å². The van der Waals surface area contributed by atoms with Crippen LogP contribution in [0.15, 0.2) is 76.3 Å². The summed E-state index contributed by atoms with van der Waals surface area (Å²) in [5.41, 5.74) is 4.10. The minimum Gasteiger partial charge on any atom is -0.489 e. The van der Waals surface area contributed by atoms with Crippen LogP contribution in [0.25, 0.3) is 0 Å². The smallest absolute Gasteiger partial charge is 0.329 e. The summed E-state index contributed by atoms with van der Waals surface area (Å²) in [6.07, 6.45) is 1.42. The van der Waals surface area contributed by atoms with Crippen molar-refractivity contribution in [1.29, 1.82) is 0 Å². The molecule has 0 aliphatic heterocycles. The fraction of sp³-hybridized carbons (Fsp3) is 0.0455. The first-order valence-corrected chi connectivity index (χ1v) is 10.5. The Hall–Kier alpha value is -2.87. The minimum absolute atomic E-state index is 0.232. The van der Waals surface area contributed by atoms with Gasteiger partial charge in [-0.25, -0.2) is 5.43 Å². The predicted octanol–water partition coefficient (Wildman–Crippen LogP) is 5.42. The highest BCUT2D eigenvalue weighted by Crippen LogP contribution is 2.25. The quantitative estimate of drug-likeness (QED) is 0.258. The third-order valence-electron chi connectivity index (χ3n) is 4.01. The van der Waals surface area contributed by atoms with Crippen molar-refractivity contribution in [2.24, 2.45) is 5.10 Å². The monoisotopic (exact) mass is 519 g/mol. The van der Waals surface area contributed by atoms with Gasteiger partial charge < -0.3 is 10.1 Å². The summed E-state index contributed by atoms with van der Waals surface area (Å²) in [5.74, 6) is -1.08. The van der Waals surface area contributed by atoms with Crippen molar-refractivity contribution in [3.05, 3.63) is 92.4 Å². The fourth-order valence-electron chi connectivity index (χ4n) is 2.41. The van der Waals surface area contributed by atoms with Gasteiger partial charge in [0.1, 0.15) is 12.4 Å². The zero-order valence-electron chi connectivity index (χ0n) is 15.9. The molecule has 0 unspecified atom stereocenters. The summed E-state index contributed by atoms with van der Waals surface area (Å²) >= 11 is 15.6. The average molecular weight is 521 g/mol. The lowest BCUT2D eigenvalue weighted by molar-refractivity contribution is -0.136. The van der Waals surface area contributed by atoms with Crippen molar-refractivity contribution in [1.82, 2.24) is 5.43 Å². The highest BCUT2D eigenvalue weighted by atomic mass is 79.9. The van der Waals surface area contributed by atoms with E-state index in [1.807, 2.05) is 0 Å². The van der Waals surface area contributed by atoms with Gasteiger partial charge in [-0.15, -0.1) is 0 Å². The van der Waals surface area contributed by atoms with E-state index >= 15 is 0 Å². The summed E-state index contributed by atoms with van der Waals surface area (Å²) in [6.45, 7) is 0.232. The Morgan fingerprint density at radius 1 is 0.935 bits per heavy atom. The molecule has 0 bridgehead atoms. The van der Waals surface area contributed by atoms with E-state index in [4.69, 9.17) is 27.9 Å². The molecule has 9 heteroatoms. The predicted molar refractivity (Wildman–Crippen MR) is 126 cm³/mol. The number of nitrogens with one attached hydrogen (secondary N) is 2. The molecule has 0 aliphatic carbocycles. The number of hydrogen-bond donors (Lipinski definition) is 2. The number of hydrazone groups is 1. The van der Waals surface area contributed by atoms with E-state index in [0.717, 1.165) is 4.47 Å². The molecular weight excluding hydrogens is 505 g/mol. The zero-order chi connectivity index (χ0) is 22.2. The number of carbonyl (C=O) groups excluding carboxylic acids is 2. The molecule has 0 radical (unpaired) electrons. The van der Waals surface area contributed by atoms with Crippen LogP contribution in [0.2, 0.25) is 10.0 Å². The normalized spacial score (nSPS) is 10.7. The van der Waals surface area contributed by atoms with E-state index in [0.29, 0.717) is 32.6 Å². The number of anilines is 1. The molecule has 0 fully saturated rings. The van der Waals surface area contributed by atoms with Crippen LogP contribution in [0.4, 0.5) is 5.69 Å². The van der Waals surface area contributed by atoms with E-state index in [1.165, 1.54) is 6.21 Å². The maximum absolute atomic E-state index is 11.9. The summed E-state index contributed by atoms with van der Waals surface area (Å²) in [6, 6.07) is 19.1. The number of ether oxygens (including phenoxy) is 1. The summed E-state index contributed by atoms with van der Waals surface area (Å²) < 4.78 is 6.57. The fourth-order valence-corrected chi connectivity index (χ4v) is 3.18. The van der Waals surface area contributed by atoms with Crippen LogP contribution in [-0.4, -0.2) is 18.0 Å². The first-order chi connectivity index (χ1) is 14.9. The van der Waals surface area contributed by atoms with Crippen molar-refractivity contribution in [3.8, 4) is 5.75 Å². The van der Waals surface area contributed by atoms with Crippen molar-refractivity contribution in [3.63, 3.8) is 0 Å².